The van der Waals surface area contributed by atoms with Crippen molar-refractivity contribution in [2.45, 2.75) is 13.8 Å². The number of carbonyl (C=O) groups is 2. The van der Waals surface area contributed by atoms with Gasteiger partial charge in [0.15, 0.2) is 5.82 Å². The molecule has 4 rings (SSSR count). The van der Waals surface area contributed by atoms with Crippen molar-refractivity contribution in [1.29, 1.82) is 0 Å². The fourth-order valence-electron chi connectivity index (χ4n) is 3.37. The SMILES string of the molecule is CC(C)COc1nc(N2CCNCC2)ncc1C(=O)Nc1cc(F)c2nn(C)cc2c1.O=CO. The second kappa shape index (κ2) is 11.4. The van der Waals surface area contributed by atoms with Gasteiger partial charge < -0.3 is 25.4 Å². The summed E-state index contributed by atoms with van der Waals surface area (Å²) in [5.41, 5.74) is 0.778. The number of hydrogen-bond acceptors (Lipinski definition) is 8. The third kappa shape index (κ3) is 6.16. The molecule has 1 fully saturated rings. The van der Waals surface area contributed by atoms with Gasteiger partial charge in [-0.1, -0.05) is 13.8 Å². The first kappa shape index (κ1) is 24.8. The van der Waals surface area contributed by atoms with Crippen LogP contribution in [0.4, 0.5) is 16.0 Å². The van der Waals surface area contributed by atoms with Gasteiger partial charge in [0.05, 0.1) is 6.61 Å². The van der Waals surface area contributed by atoms with Gasteiger partial charge in [-0.05, 0) is 18.1 Å². The van der Waals surface area contributed by atoms with E-state index in [1.165, 1.54) is 16.9 Å². The number of carbonyl (C=O) groups excluding carboxylic acids is 1. The summed E-state index contributed by atoms with van der Waals surface area (Å²) in [4.78, 5) is 32.3. The molecule has 3 N–H and O–H groups in total. The number of anilines is 2. The lowest BCUT2D eigenvalue weighted by Gasteiger charge is -2.27. The van der Waals surface area contributed by atoms with Crippen molar-refractivity contribution in [3.05, 3.63) is 35.9 Å². The van der Waals surface area contributed by atoms with E-state index in [0.29, 0.717) is 23.6 Å². The van der Waals surface area contributed by atoms with E-state index in [-0.39, 0.29) is 29.4 Å². The first-order valence-electron chi connectivity index (χ1n) is 10.8. The Morgan fingerprint density at radius 3 is 2.74 bits per heavy atom. The molecule has 3 heterocycles. The number of piperazine rings is 1. The molecular weight excluding hydrogens is 445 g/mol. The van der Waals surface area contributed by atoms with Crippen LogP contribution in [-0.4, -0.2) is 70.0 Å². The lowest BCUT2D eigenvalue weighted by molar-refractivity contribution is -0.122. The van der Waals surface area contributed by atoms with Crippen molar-refractivity contribution in [3.8, 4) is 5.88 Å². The zero-order valence-corrected chi connectivity index (χ0v) is 19.3. The van der Waals surface area contributed by atoms with Gasteiger partial charge in [0, 0.05) is 56.7 Å². The molecule has 182 valence electrons. The summed E-state index contributed by atoms with van der Waals surface area (Å²) in [7, 11) is 1.72. The van der Waals surface area contributed by atoms with Crippen LogP contribution in [0.15, 0.2) is 24.5 Å². The first-order valence-corrected chi connectivity index (χ1v) is 10.8. The smallest absolute Gasteiger partial charge is 0.290 e. The summed E-state index contributed by atoms with van der Waals surface area (Å²) in [5.74, 6) is 0.0381. The normalized spacial score (nSPS) is 13.4. The highest BCUT2D eigenvalue weighted by atomic mass is 19.1. The summed E-state index contributed by atoms with van der Waals surface area (Å²) in [5, 5.41) is 17.6. The van der Waals surface area contributed by atoms with E-state index >= 15 is 0 Å². The number of nitrogens with zero attached hydrogens (tertiary/aromatic N) is 5. The Kier molecular flexibility index (Phi) is 8.30. The molecule has 1 saturated heterocycles. The summed E-state index contributed by atoms with van der Waals surface area (Å²) >= 11 is 0. The van der Waals surface area contributed by atoms with E-state index in [4.69, 9.17) is 14.6 Å². The molecule has 0 bridgehead atoms. The third-order valence-corrected chi connectivity index (χ3v) is 4.87. The maximum atomic E-state index is 14.4. The Labute approximate surface area is 195 Å². The number of benzene rings is 1. The average molecular weight is 474 g/mol. The average Bonchev–Trinajstić information content (AvgIpc) is 3.19. The second-order valence-electron chi connectivity index (χ2n) is 8.09. The zero-order chi connectivity index (χ0) is 24.7. The molecule has 1 aliphatic rings. The van der Waals surface area contributed by atoms with Gasteiger partial charge in [-0.3, -0.25) is 14.3 Å². The number of halogens is 1. The van der Waals surface area contributed by atoms with E-state index in [9.17, 15) is 9.18 Å². The Hall–Kier alpha value is -3.80. The molecule has 3 aromatic rings. The monoisotopic (exact) mass is 473 g/mol. The fraction of sp³-hybridized carbons (Fsp3) is 0.409. The zero-order valence-electron chi connectivity index (χ0n) is 19.3. The Bertz CT molecular complexity index is 1150. The van der Waals surface area contributed by atoms with E-state index in [1.807, 2.05) is 18.7 Å². The summed E-state index contributed by atoms with van der Waals surface area (Å²) in [6.45, 7) is 7.44. The molecule has 11 nitrogen and oxygen atoms in total. The molecule has 0 aliphatic carbocycles. The van der Waals surface area contributed by atoms with Gasteiger partial charge in [-0.25, -0.2) is 9.37 Å². The Balaban J connectivity index is 0.00000103. The highest BCUT2D eigenvalue weighted by molar-refractivity contribution is 6.06. The number of carboxylic acid groups (broad SMARTS) is 1. The number of rotatable bonds is 6. The number of aromatic nitrogens is 4. The largest absolute Gasteiger partial charge is 0.483 e. The lowest BCUT2D eigenvalue weighted by Crippen LogP contribution is -2.44. The summed E-state index contributed by atoms with van der Waals surface area (Å²) in [6, 6.07) is 2.92. The van der Waals surface area contributed by atoms with E-state index in [2.05, 4.69) is 25.7 Å². The van der Waals surface area contributed by atoms with Crippen LogP contribution in [0, 0.1) is 11.7 Å². The molecule has 0 atom stereocenters. The number of nitrogens with one attached hydrogen (secondary N) is 2. The van der Waals surface area contributed by atoms with Crippen LogP contribution in [0.25, 0.3) is 10.9 Å². The van der Waals surface area contributed by atoms with Crippen molar-refractivity contribution in [1.82, 2.24) is 25.1 Å². The lowest BCUT2D eigenvalue weighted by atomic mass is 10.2. The maximum Gasteiger partial charge on any atom is 0.290 e. The van der Waals surface area contributed by atoms with Crippen molar-refractivity contribution in [2.75, 3.05) is 43.0 Å². The van der Waals surface area contributed by atoms with E-state index in [0.717, 1.165) is 26.2 Å². The molecular formula is C22H28FN7O4. The predicted octanol–water partition coefficient (Wildman–Crippen LogP) is 1.90. The van der Waals surface area contributed by atoms with Crippen LogP contribution >= 0.6 is 0 Å². The van der Waals surface area contributed by atoms with Crippen LogP contribution in [0.1, 0.15) is 24.2 Å². The quantitative estimate of drug-likeness (QED) is 0.459. The second-order valence-corrected chi connectivity index (χ2v) is 8.09. The Morgan fingerprint density at radius 2 is 2.06 bits per heavy atom. The van der Waals surface area contributed by atoms with Gasteiger partial charge in [0.2, 0.25) is 11.8 Å². The van der Waals surface area contributed by atoms with Gasteiger partial charge in [0.1, 0.15) is 11.1 Å². The molecule has 1 amide bonds. The highest BCUT2D eigenvalue weighted by Gasteiger charge is 2.21. The topological polar surface area (TPSA) is 134 Å². The van der Waals surface area contributed by atoms with E-state index < -0.39 is 11.7 Å². The molecule has 0 saturated carbocycles. The number of ether oxygens (including phenoxy) is 1. The molecule has 2 aromatic heterocycles. The number of fused-ring (bicyclic) bond motifs is 1. The van der Waals surface area contributed by atoms with Crippen LogP contribution in [0.2, 0.25) is 0 Å². The molecule has 0 spiro atoms. The number of amides is 1. The standard InChI is InChI=1S/C21H26FN7O2.CH2O2/c1-13(2)12-31-20-16(10-24-21(26-20)29-6-4-23-5-7-29)19(30)25-15-8-14-11-28(3)27-18(14)17(22)9-15;2-1-3/h8-11,13,23H,4-7,12H2,1-3H3,(H,25,30);1H,(H,2,3). The van der Waals surface area contributed by atoms with Crippen LogP contribution in [0.5, 0.6) is 5.88 Å². The predicted molar refractivity (Wildman–Crippen MR) is 125 cm³/mol. The highest BCUT2D eigenvalue weighted by Crippen LogP contribution is 2.24. The van der Waals surface area contributed by atoms with E-state index in [1.54, 1.807) is 19.3 Å². The molecule has 0 radical (unpaired) electrons. The minimum atomic E-state index is -0.505. The molecule has 1 aliphatic heterocycles. The van der Waals surface area contributed by atoms with Crippen LogP contribution in [-0.2, 0) is 11.8 Å². The van der Waals surface area contributed by atoms with Gasteiger partial charge in [0.25, 0.3) is 12.4 Å². The van der Waals surface area contributed by atoms with Gasteiger partial charge >= 0.3 is 0 Å². The number of aryl methyl sites for hydroxylation is 1. The van der Waals surface area contributed by atoms with Gasteiger partial charge in [-0.15, -0.1) is 0 Å². The minimum Gasteiger partial charge on any atom is -0.483 e. The van der Waals surface area contributed by atoms with Crippen molar-refractivity contribution in [2.24, 2.45) is 13.0 Å². The van der Waals surface area contributed by atoms with Gasteiger partial charge in [-0.2, -0.15) is 10.1 Å². The number of hydrogen-bond donors (Lipinski definition) is 3. The molecule has 0 unspecified atom stereocenters. The fourth-order valence-corrected chi connectivity index (χ4v) is 3.37. The van der Waals surface area contributed by atoms with Crippen molar-refractivity contribution in [3.63, 3.8) is 0 Å². The molecule has 12 heteroatoms. The first-order chi connectivity index (χ1) is 16.3. The van der Waals surface area contributed by atoms with Crippen LogP contribution < -0.4 is 20.3 Å². The van der Waals surface area contributed by atoms with Crippen LogP contribution in [0.3, 0.4) is 0 Å². The minimum absolute atomic E-state index is 0.200. The third-order valence-electron chi connectivity index (χ3n) is 4.87. The van der Waals surface area contributed by atoms with Crippen molar-refractivity contribution < 1.29 is 23.8 Å². The van der Waals surface area contributed by atoms with Crippen molar-refractivity contribution >= 4 is 34.9 Å². The molecule has 34 heavy (non-hydrogen) atoms. The summed E-state index contributed by atoms with van der Waals surface area (Å²) < 4.78 is 21.7. The maximum absolute atomic E-state index is 14.4. The Morgan fingerprint density at radius 1 is 1.35 bits per heavy atom. The summed E-state index contributed by atoms with van der Waals surface area (Å²) in [6.07, 6.45) is 3.16. The molecule has 1 aromatic carbocycles.